The lowest BCUT2D eigenvalue weighted by Crippen LogP contribution is -2.34. The Bertz CT molecular complexity index is 551. The Morgan fingerprint density at radius 2 is 2.10 bits per heavy atom. The molecule has 1 aromatic heterocycles. The molecule has 0 saturated carbocycles. The van der Waals surface area contributed by atoms with Crippen LogP contribution in [0.15, 0.2) is 36.4 Å². The van der Waals surface area contributed by atoms with E-state index in [1.54, 1.807) is 4.90 Å². The van der Waals surface area contributed by atoms with E-state index >= 15 is 0 Å². The molecule has 0 saturated heterocycles. The number of nitrogens with one attached hydrogen (secondary N) is 1. The summed E-state index contributed by atoms with van der Waals surface area (Å²) in [6.07, 6.45) is 0.247. The molecule has 20 heavy (non-hydrogen) atoms. The van der Waals surface area contributed by atoms with E-state index in [0.29, 0.717) is 13.1 Å². The first kappa shape index (κ1) is 14.3. The van der Waals surface area contributed by atoms with Crippen LogP contribution in [0.5, 0.6) is 0 Å². The van der Waals surface area contributed by atoms with Crippen molar-refractivity contribution in [3.05, 3.63) is 53.3 Å². The Hall–Kier alpha value is -2.14. The molecule has 0 fully saturated rings. The molecule has 1 heterocycles. The largest absolute Gasteiger partial charge is 0.395 e. The zero-order chi connectivity index (χ0) is 14.4. The summed E-state index contributed by atoms with van der Waals surface area (Å²) in [4.78, 5) is 13.9. The number of hydrogen-bond donors (Lipinski definition) is 2. The maximum absolute atomic E-state index is 12.3. The van der Waals surface area contributed by atoms with E-state index < -0.39 is 0 Å². The Balaban J connectivity index is 2.02. The summed E-state index contributed by atoms with van der Waals surface area (Å²) in [5, 5.41) is 16.0. The molecule has 0 bridgehead atoms. The zero-order valence-electron chi connectivity index (χ0n) is 11.5. The number of amides is 1. The normalized spacial score (nSPS) is 10.5. The number of hydrogen-bond acceptors (Lipinski definition) is 3. The number of aryl methyl sites for hydroxylation is 1. The standard InChI is InChI=1S/C15H19N3O2/c1-12-9-14(17-16-12)10-15(20)18(7-8-19)11-13-5-3-2-4-6-13/h2-6,9,19H,7-8,10-11H2,1H3,(H,16,17). The molecular weight excluding hydrogens is 254 g/mol. The second kappa shape index (κ2) is 6.86. The summed E-state index contributed by atoms with van der Waals surface area (Å²) in [5.74, 6) is -0.0330. The summed E-state index contributed by atoms with van der Waals surface area (Å²) in [6, 6.07) is 11.6. The predicted molar refractivity (Wildman–Crippen MR) is 76.0 cm³/mol. The summed E-state index contributed by atoms with van der Waals surface area (Å²) in [5.41, 5.74) is 2.71. The number of carbonyl (C=O) groups is 1. The molecule has 0 unspecified atom stereocenters. The van der Waals surface area contributed by atoms with Crippen molar-refractivity contribution < 1.29 is 9.90 Å². The number of aromatic amines is 1. The molecular formula is C15H19N3O2. The number of nitrogens with zero attached hydrogens (tertiary/aromatic N) is 2. The Morgan fingerprint density at radius 3 is 2.70 bits per heavy atom. The van der Waals surface area contributed by atoms with Crippen LogP contribution in [0.1, 0.15) is 17.0 Å². The molecule has 0 aliphatic carbocycles. The van der Waals surface area contributed by atoms with Crippen LogP contribution in [0.25, 0.3) is 0 Å². The third-order valence-electron chi connectivity index (χ3n) is 3.03. The van der Waals surface area contributed by atoms with E-state index in [1.165, 1.54) is 0 Å². The van der Waals surface area contributed by atoms with Gasteiger partial charge < -0.3 is 10.0 Å². The molecule has 2 aromatic rings. The van der Waals surface area contributed by atoms with E-state index in [4.69, 9.17) is 5.11 Å². The first-order chi connectivity index (χ1) is 9.69. The third kappa shape index (κ3) is 3.93. The molecule has 5 nitrogen and oxygen atoms in total. The Morgan fingerprint density at radius 1 is 1.35 bits per heavy atom. The first-order valence-electron chi connectivity index (χ1n) is 6.62. The number of aliphatic hydroxyl groups excluding tert-OH is 1. The third-order valence-corrected chi connectivity index (χ3v) is 3.03. The van der Waals surface area contributed by atoms with Gasteiger partial charge in [0.15, 0.2) is 0 Å². The Labute approximate surface area is 118 Å². The van der Waals surface area contributed by atoms with E-state index in [1.807, 2.05) is 43.3 Å². The van der Waals surface area contributed by atoms with E-state index in [0.717, 1.165) is 17.0 Å². The Kier molecular flexibility index (Phi) is 4.90. The highest BCUT2D eigenvalue weighted by molar-refractivity contribution is 5.78. The molecule has 1 aromatic carbocycles. The number of aromatic nitrogens is 2. The lowest BCUT2D eigenvalue weighted by Gasteiger charge is -2.21. The molecule has 2 N–H and O–H groups in total. The molecule has 0 spiro atoms. The second-order valence-electron chi connectivity index (χ2n) is 4.74. The van der Waals surface area contributed by atoms with Crippen LogP contribution in [0.4, 0.5) is 0 Å². The molecule has 0 radical (unpaired) electrons. The van der Waals surface area contributed by atoms with Crippen molar-refractivity contribution >= 4 is 5.91 Å². The molecule has 2 rings (SSSR count). The van der Waals surface area contributed by atoms with Crippen molar-refractivity contribution in [2.45, 2.75) is 19.9 Å². The number of carbonyl (C=O) groups excluding carboxylic acids is 1. The monoisotopic (exact) mass is 273 g/mol. The van der Waals surface area contributed by atoms with Gasteiger partial charge >= 0.3 is 0 Å². The maximum atomic E-state index is 12.3. The van der Waals surface area contributed by atoms with Crippen molar-refractivity contribution in [2.75, 3.05) is 13.2 Å². The van der Waals surface area contributed by atoms with Gasteiger partial charge in [-0.2, -0.15) is 5.10 Å². The molecule has 0 aliphatic heterocycles. The van der Waals surface area contributed by atoms with Gasteiger partial charge in [-0.3, -0.25) is 9.89 Å². The lowest BCUT2D eigenvalue weighted by atomic mass is 10.2. The first-order valence-corrected chi connectivity index (χ1v) is 6.62. The lowest BCUT2D eigenvalue weighted by molar-refractivity contribution is -0.131. The van der Waals surface area contributed by atoms with Crippen LogP contribution in [0.2, 0.25) is 0 Å². The van der Waals surface area contributed by atoms with Gasteiger partial charge in [-0.15, -0.1) is 0 Å². The van der Waals surface area contributed by atoms with Crippen LogP contribution in [0, 0.1) is 6.92 Å². The minimum Gasteiger partial charge on any atom is -0.395 e. The molecule has 5 heteroatoms. The van der Waals surface area contributed by atoms with E-state index in [9.17, 15) is 4.79 Å². The summed E-state index contributed by atoms with van der Waals surface area (Å²) >= 11 is 0. The van der Waals surface area contributed by atoms with Crippen LogP contribution in [0.3, 0.4) is 0 Å². The summed E-state index contributed by atoms with van der Waals surface area (Å²) in [6.45, 7) is 2.69. The number of H-pyrrole nitrogens is 1. The van der Waals surface area contributed by atoms with Gasteiger partial charge in [0.05, 0.1) is 18.7 Å². The minimum atomic E-state index is -0.0435. The van der Waals surface area contributed by atoms with Crippen LogP contribution >= 0.6 is 0 Å². The fourth-order valence-corrected chi connectivity index (χ4v) is 2.05. The number of rotatable bonds is 6. The zero-order valence-corrected chi connectivity index (χ0v) is 11.5. The van der Waals surface area contributed by atoms with Crippen molar-refractivity contribution in [1.82, 2.24) is 15.1 Å². The summed E-state index contributed by atoms with van der Waals surface area (Å²) < 4.78 is 0. The van der Waals surface area contributed by atoms with Crippen molar-refractivity contribution in [3.8, 4) is 0 Å². The van der Waals surface area contributed by atoms with Gasteiger partial charge in [-0.25, -0.2) is 0 Å². The van der Waals surface area contributed by atoms with Crippen molar-refractivity contribution in [3.63, 3.8) is 0 Å². The van der Waals surface area contributed by atoms with Gasteiger partial charge in [0, 0.05) is 18.8 Å². The van der Waals surface area contributed by atoms with Crippen LogP contribution in [-0.2, 0) is 17.8 Å². The minimum absolute atomic E-state index is 0.0330. The highest BCUT2D eigenvalue weighted by Gasteiger charge is 2.15. The van der Waals surface area contributed by atoms with Gasteiger partial charge in [-0.1, -0.05) is 30.3 Å². The molecule has 0 aliphatic rings. The SMILES string of the molecule is Cc1cc(CC(=O)N(CCO)Cc2ccccc2)n[nH]1. The highest BCUT2D eigenvalue weighted by Crippen LogP contribution is 2.07. The van der Waals surface area contributed by atoms with Gasteiger partial charge in [-0.05, 0) is 18.6 Å². The van der Waals surface area contributed by atoms with Crippen LogP contribution in [-0.4, -0.2) is 39.3 Å². The quantitative estimate of drug-likeness (QED) is 0.833. The van der Waals surface area contributed by atoms with Crippen molar-refractivity contribution in [1.29, 1.82) is 0 Å². The topological polar surface area (TPSA) is 69.2 Å². The fraction of sp³-hybridized carbons (Fsp3) is 0.333. The molecule has 106 valence electrons. The average Bonchev–Trinajstić information content (AvgIpc) is 2.85. The van der Waals surface area contributed by atoms with Gasteiger partial charge in [0.25, 0.3) is 0 Å². The maximum Gasteiger partial charge on any atom is 0.229 e. The molecule has 1 amide bonds. The predicted octanol–water partition coefficient (Wildman–Crippen LogP) is 1.28. The van der Waals surface area contributed by atoms with E-state index in [-0.39, 0.29) is 18.9 Å². The fourth-order valence-electron chi connectivity index (χ4n) is 2.05. The van der Waals surface area contributed by atoms with E-state index in [2.05, 4.69) is 10.2 Å². The number of aliphatic hydroxyl groups is 1. The van der Waals surface area contributed by atoms with Gasteiger partial charge in [0.1, 0.15) is 0 Å². The second-order valence-corrected chi connectivity index (χ2v) is 4.74. The average molecular weight is 273 g/mol. The van der Waals surface area contributed by atoms with Crippen LogP contribution < -0.4 is 0 Å². The number of benzene rings is 1. The highest BCUT2D eigenvalue weighted by atomic mass is 16.3. The molecule has 0 atom stereocenters. The van der Waals surface area contributed by atoms with Crippen molar-refractivity contribution in [2.24, 2.45) is 0 Å². The summed E-state index contributed by atoms with van der Waals surface area (Å²) in [7, 11) is 0. The smallest absolute Gasteiger partial charge is 0.229 e. The van der Waals surface area contributed by atoms with Gasteiger partial charge in [0.2, 0.25) is 5.91 Å².